The SMILES string of the molecule is O=C(Nc1cccc(C2CCN(Cc3cn(-c4ccc(F)cc4)c4cc(Cl)ccc34)CC2)c1)C1CC1. The van der Waals surface area contributed by atoms with Crippen LogP contribution in [0.1, 0.15) is 42.7 Å². The van der Waals surface area contributed by atoms with Crippen molar-refractivity contribution in [1.82, 2.24) is 9.47 Å². The molecule has 1 N–H and O–H groups in total. The minimum absolute atomic E-state index is 0.156. The van der Waals surface area contributed by atoms with Crippen molar-refractivity contribution in [3.63, 3.8) is 0 Å². The van der Waals surface area contributed by atoms with E-state index in [1.807, 2.05) is 18.2 Å². The number of fused-ring (bicyclic) bond motifs is 1. The molecule has 0 unspecified atom stereocenters. The number of piperidine rings is 1. The van der Waals surface area contributed by atoms with Gasteiger partial charge in [0.2, 0.25) is 5.91 Å². The molecule has 36 heavy (non-hydrogen) atoms. The largest absolute Gasteiger partial charge is 0.326 e. The molecule has 1 saturated carbocycles. The van der Waals surface area contributed by atoms with Gasteiger partial charge in [-0.3, -0.25) is 9.69 Å². The number of nitrogens with zero attached hydrogens (tertiary/aromatic N) is 2. The number of anilines is 1. The average molecular weight is 502 g/mol. The number of likely N-dealkylation sites (tertiary alicyclic amines) is 1. The molecule has 1 aromatic heterocycles. The van der Waals surface area contributed by atoms with Crippen molar-refractivity contribution < 1.29 is 9.18 Å². The van der Waals surface area contributed by atoms with Gasteiger partial charge in [0.1, 0.15) is 5.82 Å². The molecule has 6 rings (SSSR count). The number of benzene rings is 3. The lowest BCUT2D eigenvalue weighted by molar-refractivity contribution is -0.117. The molecule has 0 atom stereocenters. The Morgan fingerprint density at radius 3 is 2.50 bits per heavy atom. The Balaban J connectivity index is 1.16. The number of carbonyl (C=O) groups is 1. The van der Waals surface area contributed by atoms with E-state index in [1.54, 1.807) is 12.1 Å². The zero-order valence-corrected chi connectivity index (χ0v) is 20.8. The van der Waals surface area contributed by atoms with E-state index in [1.165, 1.54) is 28.6 Å². The second-order valence-electron chi connectivity index (χ2n) is 10.1. The van der Waals surface area contributed by atoms with Crippen LogP contribution in [0.3, 0.4) is 0 Å². The highest BCUT2D eigenvalue weighted by Crippen LogP contribution is 2.34. The zero-order valence-electron chi connectivity index (χ0n) is 20.1. The second kappa shape index (κ2) is 9.72. The van der Waals surface area contributed by atoms with Gasteiger partial charge in [-0.15, -0.1) is 0 Å². The van der Waals surface area contributed by atoms with Gasteiger partial charge in [0.25, 0.3) is 0 Å². The van der Waals surface area contributed by atoms with E-state index in [4.69, 9.17) is 11.6 Å². The molecule has 0 bridgehead atoms. The third-order valence-corrected chi connectivity index (χ3v) is 7.75. The van der Waals surface area contributed by atoms with Gasteiger partial charge in [0.15, 0.2) is 0 Å². The first-order chi connectivity index (χ1) is 17.5. The molecular weight excluding hydrogens is 473 g/mol. The predicted octanol–water partition coefficient (Wildman–Crippen LogP) is 7.15. The lowest BCUT2D eigenvalue weighted by Crippen LogP contribution is -2.32. The maximum atomic E-state index is 13.5. The van der Waals surface area contributed by atoms with Crippen LogP contribution >= 0.6 is 11.6 Å². The normalized spacial score (nSPS) is 16.9. The van der Waals surface area contributed by atoms with Crippen molar-refractivity contribution in [2.75, 3.05) is 18.4 Å². The standard InChI is InChI=1S/C30H29ClFN3O/c31-24-6-11-28-23(19-35(29(28)17-24)27-9-7-25(32)8-10-27)18-34-14-12-20(13-15-34)22-2-1-3-26(16-22)33-30(36)21-4-5-21/h1-3,6-11,16-17,19-21H,4-5,12-15,18H2,(H,33,36). The molecule has 184 valence electrons. The summed E-state index contributed by atoms with van der Waals surface area (Å²) in [6, 6.07) is 21.0. The summed E-state index contributed by atoms with van der Waals surface area (Å²) in [5.74, 6) is 0.621. The first kappa shape index (κ1) is 23.3. The number of amides is 1. The smallest absolute Gasteiger partial charge is 0.227 e. The molecule has 2 heterocycles. The maximum Gasteiger partial charge on any atom is 0.227 e. The number of hydrogen-bond acceptors (Lipinski definition) is 2. The summed E-state index contributed by atoms with van der Waals surface area (Å²) in [6.45, 7) is 2.89. The highest BCUT2D eigenvalue weighted by Gasteiger charge is 2.29. The van der Waals surface area contributed by atoms with E-state index in [0.29, 0.717) is 10.9 Å². The summed E-state index contributed by atoms with van der Waals surface area (Å²) in [4.78, 5) is 14.7. The molecule has 4 nitrogen and oxygen atoms in total. The summed E-state index contributed by atoms with van der Waals surface area (Å²) < 4.78 is 15.6. The van der Waals surface area contributed by atoms with E-state index in [-0.39, 0.29) is 17.6 Å². The second-order valence-corrected chi connectivity index (χ2v) is 10.5. The van der Waals surface area contributed by atoms with Gasteiger partial charge in [0.05, 0.1) is 5.52 Å². The van der Waals surface area contributed by atoms with Gasteiger partial charge < -0.3 is 9.88 Å². The Kier molecular flexibility index (Phi) is 6.28. The molecule has 0 radical (unpaired) electrons. The fourth-order valence-corrected chi connectivity index (χ4v) is 5.50. The van der Waals surface area contributed by atoms with Gasteiger partial charge in [0, 0.05) is 40.4 Å². The van der Waals surface area contributed by atoms with E-state index < -0.39 is 0 Å². The minimum Gasteiger partial charge on any atom is -0.326 e. The highest BCUT2D eigenvalue weighted by atomic mass is 35.5. The van der Waals surface area contributed by atoms with Crippen LogP contribution in [0.5, 0.6) is 0 Å². The summed E-state index contributed by atoms with van der Waals surface area (Å²) in [7, 11) is 0. The van der Waals surface area contributed by atoms with Gasteiger partial charge in [-0.05, 0) is 104 Å². The summed E-state index contributed by atoms with van der Waals surface area (Å²) in [5, 5.41) is 4.94. The first-order valence-electron chi connectivity index (χ1n) is 12.7. The number of aromatic nitrogens is 1. The van der Waals surface area contributed by atoms with E-state index in [2.05, 4.69) is 45.2 Å². The zero-order chi connectivity index (χ0) is 24.6. The summed E-state index contributed by atoms with van der Waals surface area (Å²) in [5.41, 5.74) is 5.42. The van der Waals surface area contributed by atoms with Crippen molar-refractivity contribution in [2.45, 2.75) is 38.1 Å². The Bertz CT molecular complexity index is 1400. The number of carbonyl (C=O) groups excluding carboxylic acids is 1. The molecule has 0 spiro atoms. The summed E-state index contributed by atoms with van der Waals surface area (Å²) >= 11 is 6.33. The number of nitrogens with one attached hydrogen (secondary N) is 1. The van der Waals surface area contributed by atoms with Crippen molar-refractivity contribution in [2.24, 2.45) is 5.92 Å². The average Bonchev–Trinajstić information content (AvgIpc) is 3.69. The molecule has 1 saturated heterocycles. The van der Waals surface area contributed by atoms with E-state index in [0.717, 1.165) is 62.2 Å². The molecule has 3 aromatic carbocycles. The fourth-order valence-electron chi connectivity index (χ4n) is 5.34. The molecular formula is C30H29ClFN3O. The van der Waals surface area contributed by atoms with Crippen molar-refractivity contribution in [3.05, 3.63) is 94.9 Å². The van der Waals surface area contributed by atoms with E-state index >= 15 is 0 Å². The van der Waals surface area contributed by atoms with Crippen molar-refractivity contribution in [3.8, 4) is 5.69 Å². The van der Waals surface area contributed by atoms with Crippen LogP contribution in [0.15, 0.2) is 72.9 Å². The molecule has 1 aliphatic heterocycles. The first-order valence-corrected chi connectivity index (χ1v) is 13.1. The molecule has 1 aliphatic carbocycles. The monoisotopic (exact) mass is 501 g/mol. The number of hydrogen-bond donors (Lipinski definition) is 1. The van der Waals surface area contributed by atoms with Gasteiger partial charge in [-0.1, -0.05) is 29.8 Å². The fraction of sp³-hybridized carbons (Fsp3) is 0.300. The lowest BCUT2D eigenvalue weighted by Gasteiger charge is -2.32. The van der Waals surface area contributed by atoms with Crippen LogP contribution < -0.4 is 5.32 Å². The van der Waals surface area contributed by atoms with Crippen LogP contribution in [0.2, 0.25) is 5.02 Å². The predicted molar refractivity (Wildman–Crippen MR) is 143 cm³/mol. The third kappa shape index (κ3) is 4.91. The Morgan fingerprint density at radius 2 is 1.75 bits per heavy atom. The minimum atomic E-state index is -0.243. The van der Waals surface area contributed by atoms with Gasteiger partial charge >= 0.3 is 0 Å². The van der Waals surface area contributed by atoms with Gasteiger partial charge in [-0.2, -0.15) is 0 Å². The van der Waals surface area contributed by atoms with Crippen LogP contribution in [-0.4, -0.2) is 28.5 Å². The highest BCUT2D eigenvalue weighted by molar-refractivity contribution is 6.31. The molecule has 2 aliphatic rings. The lowest BCUT2D eigenvalue weighted by atomic mass is 9.89. The van der Waals surface area contributed by atoms with Crippen molar-refractivity contribution in [1.29, 1.82) is 0 Å². The van der Waals surface area contributed by atoms with Crippen LogP contribution in [0, 0.1) is 11.7 Å². The van der Waals surface area contributed by atoms with Crippen LogP contribution in [0.25, 0.3) is 16.6 Å². The maximum absolute atomic E-state index is 13.5. The number of halogens is 2. The van der Waals surface area contributed by atoms with Crippen LogP contribution in [0.4, 0.5) is 10.1 Å². The Hall–Kier alpha value is -3.15. The molecule has 4 aromatic rings. The Morgan fingerprint density at radius 1 is 0.972 bits per heavy atom. The number of rotatable bonds is 6. The molecule has 6 heteroatoms. The Labute approximate surface area is 215 Å². The topological polar surface area (TPSA) is 37.3 Å². The summed E-state index contributed by atoms with van der Waals surface area (Å²) in [6.07, 6.45) is 6.36. The van der Waals surface area contributed by atoms with Crippen molar-refractivity contribution >= 4 is 34.1 Å². The third-order valence-electron chi connectivity index (χ3n) is 7.51. The molecule has 2 fully saturated rings. The molecule has 1 amide bonds. The van der Waals surface area contributed by atoms with Gasteiger partial charge in [-0.25, -0.2) is 4.39 Å². The van der Waals surface area contributed by atoms with E-state index in [9.17, 15) is 9.18 Å². The quantitative estimate of drug-likeness (QED) is 0.304. The van der Waals surface area contributed by atoms with Crippen LogP contribution in [-0.2, 0) is 11.3 Å².